The van der Waals surface area contributed by atoms with Crippen molar-refractivity contribution >= 4 is 46.2 Å². The number of methoxy groups -OCH3 is 2. The molecule has 4 aliphatic rings. The first-order valence-electron chi connectivity index (χ1n) is 24.0. The number of nitrogens with one attached hydrogen (secondary N) is 4. The van der Waals surface area contributed by atoms with Gasteiger partial charge in [-0.25, -0.2) is 28.3 Å². The minimum absolute atomic E-state index is 0.107. The molecule has 8 heterocycles. The van der Waals surface area contributed by atoms with E-state index in [1.807, 2.05) is 34.9 Å². The lowest BCUT2D eigenvalue weighted by Gasteiger charge is -2.34. The lowest BCUT2D eigenvalue weighted by molar-refractivity contribution is -0.138. The average Bonchev–Trinajstić information content (AvgIpc) is 4.23. The highest BCUT2D eigenvalue weighted by Gasteiger charge is 2.44. The lowest BCUT2D eigenvalue weighted by atomic mass is 9.90. The average molecular weight is 994 g/mol. The number of aromatic nitrogens is 5. The molecule has 2 unspecified atom stereocenters. The minimum atomic E-state index is -2.06. The van der Waals surface area contributed by atoms with Crippen molar-refractivity contribution < 1.29 is 46.9 Å². The van der Waals surface area contributed by atoms with Crippen LogP contribution < -0.4 is 15.4 Å². The van der Waals surface area contributed by atoms with Crippen molar-refractivity contribution in [1.82, 2.24) is 44.9 Å². The number of halogens is 2. The number of benzene rings is 2. The molecule has 0 saturated carbocycles. The Kier molecular flexibility index (Phi) is 12.9. The number of carbonyl (C=O) groups is 4. The third kappa shape index (κ3) is 9.00. The number of rotatable bonds is 11. The Morgan fingerprint density at radius 1 is 0.831 bits per heavy atom. The summed E-state index contributed by atoms with van der Waals surface area (Å²) in [5.41, 5.74) is 3.39. The maximum Gasteiger partial charge on any atom is 0.407 e. The SMILES string of the molecule is COC(=O)NC(C(=O)N1CCC[C@H]1c1ncc(-c2ccc3c(c2)cc2n3C(c3cc(C)c(C)s3)Oc3cc(-c4cnc([C@@H]5CCCN5C(=O)[C@@H](NC(=O)OC)C5CCOCC5)[nH]4)cc(F)c3-2)[nH]1)C(C)(C)F. The molecule has 20 heteroatoms. The highest BCUT2D eigenvalue weighted by Crippen LogP contribution is 2.49. The Morgan fingerprint density at radius 2 is 1.46 bits per heavy atom. The van der Waals surface area contributed by atoms with Crippen LogP contribution in [-0.2, 0) is 23.8 Å². The summed E-state index contributed by atoms with van der Waals surface area (Å²) in [6, 6.07) is 10.2. The number of imidazole rings is 2. The Balaban J connectivity index is 0.952. The van der Waals surface area contributed by atoms with Crippen LogP contribution >= 0.6 is 11.3 Å². The van der Waals surface area contributed by atoms with Gasteiger partial charge in [0.25, 0.3) is 0 Å². The molecule has 5 atom stereocenters. The number of carbonyl (C=O) groups excluding carboxylic acids is 4. The number of hydrogen-bond donors (Lipinski definition) is 4. The summed E-state index contributed by atoms with van der Waals surface area (Å²) in [7, 11) is 2.44. The molecule has 10 rings (SSSR count). The standard InChI is InChI=1S/C51H57F2N9O8S/c1-26-19-40(71-27(26)2)48-62-35-12-11-29(33-24-54-45(56-33)37-10-8-16-61(37)47(64)43(51(3,4)53)59-50(66)68-6)20-31(35)22-38(62)41-32(52)21-30(23-39(41)70-48)34-25-55-44(57-34)36-9-7-15-60(36)46(63)42(58-49(65)67-5)28-13-17-69-18-14-28/h11-12,19-25,28,36-37,42-43,48H,7-10,13-18H2,1-6H3,(H,54,56)(H,55,57)(H,58,65)(H,59,66)/t36-,37-,42-,43?,48?/m0/s1. The molecule has 2 aromatic carbocycles. The number of H-pyrrole nitrogens is 2. The highest BCUT2D eigenvalue weighted by molar-refractivity contribution is 7.12. The van der Waals surface area contributed by atoms with Crippen molar-refractivity contribution in [2.45, 2.75) is 102 Å². The van der Waals surface area contributed by atoms with Gasteiger partial charge < -0.3 is 49.3 Å². The number of aryl methyl sites for hydroxylation is 2. The summed E-state index contributed by atoms with van der Waals surface area (Å²) in [5.74, 6) is 0.0897. The van der Waals surface area contributed by atoms with Crippen LogP contribution in [0.1, 0.15) is 97.7 Å². The van der Waals surface area contributed by atoms with E-state index >= 15 is 8.78 Å². The van der Waals surface area contributed by atoms with Gasteiger partial charge >= 0.3 is 12.2 Å². The van der Waals surface area contributed by atoms with E-state index in [1.54, 1.807) is 33.5 Å². The number of likely N-dealkylation sites (tertiary alicyclic amines) is 2. The molecule has 0 spiro atoms. The number of nitrogens with zero attached hydrogens (tertiary/aromatic N) is 5. The normalized spacial score (nSPS) is 20.0. The van der Waals surface area contributed by atoms with Crippen molar-refractivity contribution in [3.63, 3.8) is 0 Å². The minimum Gasteiger partial charge on any atom is -0.464 e. The van der Waals surface area contributed by atoms with E-state index in [1.165, 1.54) is 27.0 Å². The van der Waals surface area contributed by atoms with E-state index in [0.717, 1.165) is 45.3 Å². The number of amides is 4. The Labute approximate surface area is 412 Å². The van der Waals surface area contributed by atoms with Crippen LogP contribution in [0, 0.1) is 25.6 Å². The van der Waals surface area contributed by atoms with Gasteiger partial charge in [0.2, 0.25) is 18.0 Å². The second kappa shape index (κ2) is 19.1. The predicted molar refractivity (Wildman–Crippen MR) is 260 cm³/mol. The van der Waals surface area contributed by atoms with Gasteiger partial charge in [0.15, 0.2) is 0 Å². The quantitative estimate of drug-likeness (QED) is 0.0974. The summed E-state index contributed by atoms with van der Waals surface area (Å²) in [5, 5.41) is 5.99. The Bertz CT molecular complexity index is 3000. The number of alkyl carbamates (subject to hydrolysis) is 2. The van der Waals surface area contributed by atoms with E-state index in [9.17, 15) is 19.2 Å². The van der Waals surface area contributed by atoms with E-state index in [2.05, 4.69) is 50.2 Å². The van der Waals surface area contributed by atoms with Crippen LogP contribution in [0.25, 0.3) is 44.7 Å². The van der Waals surface area contributed by atoms with Gasteiger partial charge in [-0.3, -0.25) is 14.2 Å². The first-order chi connectivity index (χ1) is 34.1. The fourth-order valence-corrected chi connectivity index (χ4v) is 11.7. The molecule has 71 heavy (non-hydrogen) atoms. The van der Waals surface area contributed by atoms with E-state index in [0.29, 0.717) is 104 Å². The predicted octanol–water partition coefficient (Wildman–Crippen LogP) is 8.80. The fourth-order valence-electron chi connectivity index (χ4n) is 10.6. The van der Waals surface area contributed by atoms with E-state index in [4.69, 9.17) is 19.2 Å². The van der Waals surface area contributed by atoms with Crippen LogP contribution in [0.5, 0.6) is 5.75 Å². The number of thiophene rings is 1. The molecule has 0 aliphatic carbocycles. The van der Waals surface area contributed by atoms with Gasteiger partial charge in [0.05, 0.1) is 71.7 Å². The Morgan fingerprint density at radius 3 is 2.08 bits per heavy atom. The molecule has 6 aromatic rings. The highest BCUT2D eigenvalue weighted by atomic mass is 32.1. The first kappa shape index (κ1) is 47.9. The zero-order valence-corrected chi connectivity index (χ0v) is 41.2. The molecule has 0 radical (unpaired) electrons. The summed E-state index contributed by atoms with van der Waals surface area (Å²) < 4.78 is 56.3. The number of hydrogen-bond acceptors (Lipinski definition) is 11. The molecule has 4 N–H and O–H groups in total. The van der Waals surface area contributed by atoms with E-state index in [-0.39, 0.29) is 17.9 Å². The van der Waals surface area contributed by atoms with Crippen LogP contribution in [0.4, 0.5) is 18.4 Å². The molecular weight excluding hydrogens is 937 g/mol. The second-order valence-corrected chi connectivity index (χ2v) is 20.6. The number of alkyl halides is 1. The van der Waals surface area contributed by atoms with Gasteiger partial charge in [-0.15, -0.1) is 11.3 Å². The number of ether oxygens (including phenoxy) is 4. The summed E-state index contributed by atoms with van der Waals surface area (Å²) in [4.78, 5) is 74.1. The summed E-state index contributed by atoms with van der Waals surface area (Å²) in [6.45, 7) is 8.47. The molecule has 4 amide bonds. The van der Waals surface area contributed by atoms with Crippen molar-refractivity contribution in [2.24, 2.45) is 5.92 Å². The van der Waals surface area contributed by atoms with Crippen molar-refractivity contribution in [3.8, 4) is 39.5 Å². The lowest BCUT2D eigenvalue weighted by Crippen LogP contribution is -2.56. The number of aromatic amines is 2. The largest absolute Gasteiger partial charge is 0.464 e. The zero-order valence-electron chi connectivity index (χ0n) is 40.4. The topological polar surface area (TPSA) is 198 Å². The summed E-state index contributed by atoms with van der Waals surface area (Å²) in [6.07, 6.45) is 5.09. The molecular formula is C51H57F2N9O8S. The van der Waals surface area contributed by atoms with Gasteiger partial charge in [0, 0.05) is 47.7 Å². The van der Waals surface area contributed by atoms with Crippen LogP contribution in [0.3, 0.4) is 0 Å². The fraction of sp³-hybridized carbons (Fsp3) is 0.451. The second-order valence-electron chi connectivity index (χ2n) is 19.3. The first-order valence-corrected chi connectivity index (χ1v) is 24.8. The van der Waals surface area contributed by atoms with E-state index < -0.39 is 53.9 Å². The molecule has 17 nitrogen and oxygen atoms in total. The van der Waals surface area contributed by atoms with Crippen LogP contribution in [0.15, 0.2) is 54.9 Å². The molecule has 4 aliphatic heterocycles. The number of fused-ring (bicyclic) bond motifs is 5. The van der Waals surface area contributed by atoms with Crippen molar-refractivity contribution in [1.29, 1.82) is 0 Å². The maximum absolute atomic E-state index is 17.0. The van der Waals surface area contributed by atoms with Gasteiger partial charge in [-0.2, -0.15) is 0 Å². The zero-order chi connectivity index (χ0) is 49.9. The van der Waals surface area contributed by atoms with Crippen LogP contribution in [0.2, 0.25) is 0 Å². The maximum atomic E-state index is 17.0. The smallest absolute Gasteiger partial charge is 0.407 e. The van der Waals surface area contributed by atoms with Crippen molar-refractivity contribution in [3.05, 3.63) is 87.6 Å². The monoisotopic (exact) mass is 993 g/mol. The van der Waals surface area contributed by atoms with Crippen molar-refractivity contribution in [2.75, 3.05) is 40.5 Å². The Hall–Kier alpha value is -6.80. The summed E-state index contributed by atoms with van der Waals surface area (Å²) >= 11 is 1.62. The van der Waals surface area contributed by atoms with Gasteiger partial charge in [-0.1, -0.05) is 6.07 Å². The molecule has 374 valence electrons. The molecule has 4 aromatic heterocycles. The third-order valence-electron chi connectivity index (χ3n) is 14.4. The molecule has 3 saturated heterocycles. The molecule has 3 fully saturated rings. The van der Waals surface area contributed by atoms with Gasteiger partial charge in [0.1, 0.15) is 41.0 Å². The third-order valence-corrected chi connectivity index (χ3v) is 15.6. The van der Waals surface area contributed by atoms with Crippen LogP contribution in [-0.4, -0.2) is 117 Å². The van der Waals surface area contributed by atoms with Gasteiger partial charge in [-0.05, 0) is 114 Å². The molecule has 0 bridgehead atoms.